The van der Waals surface area contributed by atoms with Crippen LogP contribution in [0.5, 0.6) is 0 Å². The zero-order valence-electron chi connectivity index (χ0n) is 11.5. The third-order valence-corrected chi connectivity index (χ3v) is 4.01. The van der Waals surface area contributed by atoms with E-state index in [0.717, 1.165) is 19.3 Å². The van der Waals surface area contributed by atoms with Gasteiger partial charge in [-0.1, -0.05) is 44.2 Å². The number of rotatable bonds is 6. The Bertz CT molecular complexity index is 317. The molecule has 0 aliphatic heterocycles. The summed E-state index contributed by atoms with van der Waals surface area (Å²) in [4.78, 5) is 2.17. The molecule has 1 unspecified atom stereocenters. The fourth-order valence-electron chi connectivity index (χ4n) is 2.68. The van der Waals surface area contributed by atoms with Crippen LogP contribution in [-0.4, -0.2) is 35.7 Å². The molecule has 96 valence electrons. The van der Waals surface area contributed by atoms with Gasteiger partial charge in [-0.25, -0.2) is 0 Å². The van der Waals surface area contributed by atoms with Crippen LogP contribution in [0.2, 0.25) is 0 Å². The van der Waals surface area contributed by atoms with Crippen molar-refractivity contribution < 1.29 is 5.11 Å². The average molecular weight is 235 g/mol. The van der Waals surface area contributed by atoms with Crippen molar-refractivity contribution in [3.8, 4) is 0 Å². The second-order valence-electron chi connectivity index (χ2n) is 4.91. The van der Waals surface area contributed by atoms with Crippen LogP contribution < -0.4 is 0 Å². The van der Waals surface area contributed by atoms with Crippen molar-refractivity contribution in [1.29, 1.82) is 0 Å². The molecule has 1 rings (SSSR count). The van der Waals surface area contributed by atoms with Crippen molar-refractivity contribution in [3.63, 3.8) is 0 Å². The maximum atomic E-state index is 10.5. The van der Waals surface area contributed by atoms with E-state index >= 15 is 0 Å². The summed E-state index contributed by atoms with van der Waals surface area (Å²) in [5, 5.41) is 10.5. The fourth-order valence-corrected chi connectivity index (χ4v) is 2.68. The molecule has 0 aliphatic carbocycles. The molecule has 17 heavy (non-hydrogen) atoms. The maximum absolute atomic E-state index is 10.5. The van der Waals surface area contributed by atoms with Crippen molar-refractivity contribution in [1.82, 2.24) is 4.90 Å². The van der Waals surface area contributed by atoms with Gasteiger partial charge in [0.05, 0.1) is 6.10 Å². The number of nitrogens with zero attached hydrogens (tertiary/aromatic N) is 1. The second-order valence-corrected chi connectivity index (χ2v) is 4.91. The quantitative estimate of drug-likeness (QED) is 0.819. The highest BCUT2D eigenvalue weighted by atomic mass is 16.3. The van der Waals surface area contributed by atoms with Gasteiger partial charge in [0.15, 0.2) is 0 Å². The van der Waals surface area contributed by atoms with Gasteiger partial charge in [-0.3, -0.25) is 0 Å². The lowest BCUT2D eigenvalue weighted by Crippen LogP contribution is -2.53. The summed E-state index contributed by atoms with van der Waals surface area (Å²) in [5.74, 6) is 0. The Morgan fingerprint density at radius 3 is 2.06 bits per heavy atom. The van der Waals surface area contributed by atoms with E-state index in [4.69, 9.17) is 0 Å². The molecule has 0 aromatic heterocycles. The summed E-state index contributed by atoms with van der Waals surface area (Å²) < 4.78 is 0. The average Bonchev–Trinajstić information content (AvgIpc) is 2.32. The molecular formula is C15H25NO. The zero-order valence-corrected chi connectivity index (χ0v) is 11.5. The first kappa shape index (κ1) is 14.2. The van der Waals surface area contributed by atoms with Crippen LogP contribution in [-0.2, 0) is 6.42 Å². The predicted molar refractivity (Wildman–Crippen MR) is 73.2 cm³/mol. The van der Waals surface area contributed by atoms with Crippen molar-refractivity contribution in [2.75, 3.05) is 14.1 Å². The number of hydrogen-bond acceptors (Lipinski definition) is 2. The zero-order chi connectivity index (χ0) is 12.9. The van der Waals surface area contributed by atoms with Crippen LogP contribution >= 0.6 is 0 Å². The van der Waals surface area contributed by atoms with Crippen LogP contribution in [0.1, 0.15) is 32.3 Å². The minimum absolute atomic E-state index is 0.115. The summed E-state index contributed by atoms with van der Waals surface area (Å²) in [6.07, 6.45) is 2.32. The molecule has 0 amide bonds. The Morgan fingerprint density at radius 1 is 1.12 bits per heavy atom. The smallest absolute Gasteiger partial charge is 0.0763 e. The van der Waals surface area contributed by atoms with Gasteiger partial charge in [-0.2, -0.15) is 0 Å². The van der Waals surface area contributed by atoms with E-state index in [9.17, 15) is 5.11 Å². The predicted octanol–water partition coefficient (Wildman–Crippen LogP) is 2.71. The SMILES string of the molecule is CCC(CC)(C(O)Cc1ccccc1)N(C)C. The molecule has 2 heteroatoms. The Hall–Kier alpha value is -0.860. The number of aliphatic hydroxyl groups excluding tert-OH is 1. The van der Waals surface area contributed by atoms with Gasteiger partial charge in [0.25, 0.3) is 0 Å². The molecule has 2 nitrogen and oxygen atoms in total. The minimum atomic E-state index is -0.324. The lowest BCUT2D eigenvalue weighted by molar-refractivity contribution is -0.0125. The van der Waals surface area contributed by atoms with Gasteiger partial charge >= 0.3 is 0 Å². The first-order valence-electron chi connectivity index (χ1n) is 6.46. The standard InChI is InChI=1S/C15H25NO/c1-5-15(6-2,16(3)4)14(17)12-13-10-8-7-9-11-13/h7-11,14,17H,5-6,12H2,1-4H3. The van der Waals surface area contributed by atoms with Gasteiger partial charge in [0.2, 0.25) is 0 Å². The Morgan fingerprint density at radius 2 is 1.65 bits per heavy atom. The fraction of sp³-hybridized carbons (Fsp3) is 0.600. The lowest BCUT2D eigenvalue weighted by atomic mass is 9.82. The molecule has 0 radical (unpaired) electrons. The van der Waals surface area contributed by atoms with Gasteiger partial charge in [0, 0.05) is 12.0 Å². The first-order valence-corrected chi connectivity index (χ1v) is 6.46. The monoisotopic (exact) mass is 235 g/mol. The maximum Gasteiger partial charge on any atom is 0.0763 e. The largest absolute Gasteiger partial charge is 0.391 e. The number of benzene rings is 1. The van der Waals surface area contributed by atoms with Gasteiger partial charge in [0.1, 0.15) is 0 Å². The Labute approximate surface area is 105 Å². The van der Waals surface area contributed by atoms with Crippen LogP contribution in [0, 0.1) is 0 Å². The van der Waals surface area contributed by atoms with Crippen LogP contribution in [0.25, 0.3) is 0 Å². The Kier molecular flexibility index (Phi) is 5.16. The molecular weight excluding hydrogens is 210 g/mol. The molecule has 1 atom stereocenters. The minimum Gasteiger partial charge on any atom is -0.391 e. The highest BCUT2D eigenvalue weighted by molar-refractivity contribution is 5.16. The molecule has 1 aromatic carbocycles. The van der Waals surface area contributed by atoms with E-state index in [1.807, 2.05) is 18.2 Å². The van der Waals surface area contributed by atoms with Crippen molar-refractivity contribution in [2.24, 2.45) is 0 Å². The topological polar surface area (TPSA) is 23.5 Å². The lowest BCUT2D eigenvalue weighted by Gasteiger charge is -2.42. The van der Waals surface area contributed by atoms with Crippen LogP contribution in [0.3, 0.4) is 0 Å². The van der Waals surface area contributed by atoms with E-state index in [1.165, 1.54) is 5.56 Å². The van der Waals surface area contributed by atoms with Gasteiger partial charge in [-0.15, -0.1) is 0 Å². The van der Waals surface area contributed by atoms with E-state index in [1.54, 1.807) is 0 Å². The van der Waals surface area contributed by atoms with E-state index in [2.05, 4.69) is 45.0 Å². The summed E-state index contributed by atoms with van der Waals surface area (Å²) in [6, 6.07) is 10.2. The van der Waals surface area contributed by atoms with Gasteiger partial charge in [-0.05, 0) is 32.5 Å². The van der Waals surface area contributed by atoms with E-state index < -0.39 is 0 Å². The highest BCUT2D eigenvalue weighted by Crippen LogP contribution is 2.27. The molecule has 0 fully saturated rings. The third kappa shape index (κ3) is 3.08. The van der Waals surface area contributed by atoms with Crippen molar-refractivity contribution in [3.05, 3.63) is 35.9 Å². The highest BCUT2D eigenvalue weighted by Gasteiger charge is 2.36. The van der Waals surface area contributed by atoms with Crippen LogP contribution in [0.4, 0.5) is 0 Å². The first-order chi connectivity index (χ1) is 8.06. The number of likely N-dealkylation sites (N-methyl/N-ethyl adjacent to an activating group) is 1. The summed E-state index contributed by atoms with van der Waals surface area (Å²) in [5.41, 5.74) is 1.09. The Balaban J connectivity index is 2.83. The summed E-state index contributed by atoms with van der Waals surface area (Å²) in [6.45, 7) is 4.30. The molecule has 0 bridgehead atoms. The van der Waals surface area contributed by atoms with Crippen molar-refractivity contribution in [2.45, 2.75) is 44.8 Å². The van der Waals surface area contributed by atoms with E-state index in [-0.39, 0.29) is 11.6 Å². The summed E-state index contributed by atoms with van der Waals surface area (Å²) >= 11 is 0. The van der Waals surface area contributed by atoms with Crippen LogP contribution in [0.15, 0.2) is 30.3 Å². The molecule has 0 saturated carbocycles. The molecule has 1 aromatic rings. The summed E-state index contributed by atoms with van der Waals surface area (Å²) in [7, 11) is 4.11. The molecule has 0 aliphatic rings. The van der Waals surface area contributed by atoms with Gasteiger partial charge < -0.3 is 10.0 Å². The molecule has 0 heterocycles. The van der Waals surface area contributed by atoms with Crippen molar-refractivity contribution >= 4 is 0 Å². The normalized spacial score (nSPS) is 14.0. The second kappa shape index (κ2) is 6.18. The number of hydrogen-bond donors (Lipinski definition) is 1. The molecule has 1 N–H and O–H groups in total. The third-order valence-electron chi connectivity index (χ3n) is 4.01. The molecule has 0 saturated heterocycles. The molecule has 0 spiro atoms. The van der Waals surface area contributed by atoms with E-state index in [0.29, 0.717) is 0 Å². The number of aliphatic hydroxyl groups is 1.